The molecule has 0 atom stereocenters. The molecule has 0 unspecified atom stereocenters. The van der Waals surface area contributed by atoms with Crippen LogP contribution in [-0.2, 0) is 16.6 Å². The van der Waals surface area contributed by atoms with Gasteiger partial charge in [-0.3, -0.25) is 4.79 Å². The average Bonchev–Trinajstić information content (AvgIpc) is 2.14. The number of ether oxygens (including phenoxy) is 1. The molecule has 88 valence electrons. The summed E-state index contributed by atoms with van der Waals surface area (Å²) < 4.78 is 5.30. The van der Waals surface area contributed by atoms with Crippen molar-refractivity contribution < 1.29 is 14.6 Å². The topological polar surface area (TPSA) is 46.5 Å². The van der Waals surface area contributed by atoms with E-state index in [0.717, 1.165) is 16.9 Å². The first-order valence-electron chi connectivity index (χ1n) is 5.24. The Balaban J connectivity index is 3.12. The highest BCUT2D eigenvalue weighted by molar-refractivity contribution is 5.70. The standard InChI is InChI=1S/C13H18O3/c1-13(2,3)10-6-5-9(8-12(14)15)7-11(10)16-4/h5-7H,8H2,1-4H3,(H,14,15). The van der Waals surface area contributed by atoms with E-state index in [1.54, 1.807) is 13.2 Å². The van der Waals surface area contributed by atoms with Crippen LogP contribution in [0.15, 0.2) is 18.2 Å². The van der Waals surface area contributed by atoms with Gasteiger partial charge in [0, 0.05) is 0 Å². The molecule has 0 aliphatic rings. The van der Waals surface area contributed by atoms with Crippen LogP contribution in [0.25, 0.3) is 0 Å². The summed E-state index contributed by atoms with van der Waals surface area (Å²) in [7, 11) is 1.61. The van der Waals surface area contributed by atoms with E-state index in [-0.39, 0.29) is 11.8 Å². The van der Waals surface area contributed by atoms with Gasteiger partial charge in [-0.15, -0.1) is 0 Å². The fraction of sp³-hybridized carbons (Fsp3) is 0.462. The highest BCUT2D eigenvalue weighted by Gasteiger charge is 2.19. The second kappa shape index (κ2) is 4.56. The van der Waals surface area contributed by atoms with Crippen molar-refractivity contribution in [3.63, 3.8) is 0 Å². The van der Waals surface area contributed by atoms with Crippen molar-refractivity contribution >= 4 is 5.97 Å². The van der Waals surface area contributed by atoms with Crippen molar-refractivity contribution in [2.24, 2.45) is 0 Å². The molecule has 0 aliphatic heterocycles. The molecule has 0 fully saturated rings. The Morgan fingerprint density at radius 2 is 2.00 bits per heavy atom. The van der Waals surface area contributed by atoms with Crippen molar-refractivity contribution in [3.8, 4) is 5.75 Å². The van der Waals surface area contributed by atoms with Gasteiger partial charge in [0.2, 0.25) is 0 Å². The number of hydrogen-bond acceptors (Lipinski definition) is 2. The van der Waals surface area contributed by atoms with Crippen LogP contribution in [0.3, 0.4) is 0 Å². The van der Waals surface area contributed by atoms with Crippen LogP contribution in [0, 0.1) is 0 Å². The van der Waals surface area contributed by atoms with Crippen LogP contribution < -0.4 is 4.74 Å². The quantitative estimate of drug-likeness (QED) is 0.855. The van der Waals surface area contributed by atoms with Gasteiger partial charge in [-0.05, 0) is 22.6 Å². The summed E-state index contributed by atoms with van der Waals surface area (Å²) in [6, 6.07) is 5.59. The van der Waals surface area contributed by atoms with Gasteiger partial charge in [-0.25, -0.2) is 0 Å². The molecule has 1 aromatic carbocycles. The van der Waals surface area contributed by atoms with E-state index < -0.39 is 5.97 Å². The molecule has 16 heavy (non-hydrogen) atoms. The molecule has 0 aliphatic carbocycles. The Kier molecular flexibility index (Phi) is 3.58. The van der Waals surface area contributed by atoms with Crippen molar-refractivity contribution in [2.45, 2.75) is 32.6 Å². The van der Waals surface area contributed by atoms with E-state index in [2.05, 4.69) is 20.8 Å². The number of aliphatic carboxylic acids is 1. The molecule has 0 amide bonds. The van der Waals surface area contributed by atoms with E-state index in [0.29, 0.717) is 0 Å². The second-order valence-electron chi connectivity index (χ2n) is 4.86. The summed E-state index contributed by atoms with van der Waals surface area (Å²) in [4.78, 5) is 10.6. The Hall–Kier alpha value is -1.51. The normalized spacial score (nSPS) is 11.2. The molecule has 0 heterocycles. The van der Waals surface area contributed by atoms with Crippen LogP contribution in [0.5, 0.6) is 5.75 Å². The fourth-order valence-electron chi connectivity index (χ4n) is 1.64. The zero-order valence-corrected chi connectivity index (χ0v) is 10.2. The Morgan fingerprint density at radius 3 is 2.44 bits per heavy atom. The third-order valence-corrected chi connectivity index (χ3v) is 2.43. The highest BCUT2D eigenvalue weighted by atomic mass is 16.5. The number of carboxylic acid groups (broad SMARTS) is 1. The lowest BCUT2D eigenvalue weighted by atomic mass is 9.85. The van der Waals surface area contributed by atoms with E-state index in [9.17, 15) is 4.79 Å². The van der Waals surface area contributed by atoms with Gasteiger partial charge in [0.15, 0.2) is 0 Å². The lowest BCUT2D eigenvalue weighted by molar-refractivity contribution is -0.136. The Morgan fingerprint density at radius 1 is 1.38 bits per heavy atom. The molecular formula is C13H18O3. The maximum absolute atomic E-state index is 10.6. The van der Waals surface area contributed by atoms with Gasteiger partial charge in [-0.1, -0.05) is 32.9 Å². The predicted octanol–water partition coefficient (Wildman–Crippen LogP) is 2.62. The molecule has 0 radical (unpaired) electrons. The van der Waals surface area contributed by atoms with Crippen LogP contribution in [0.4, 0.5) is 0 Å². The SMILES string of the molecule is COc1cc(CC(=O)O)ccc1C(C)(C)C. The van der Waals surface area contributed by atoms with E-state index in [4.69, 9.17) is 9.84 Å². The molecule has 0 bridgehead atoms. The van der Waals surface area contributed by atoms with Crippen LogP contribution in [0.1, 0.15) is 31.9 Å². The van der Waals surface area contributed by atoms with Crippen LogP contribution >= 0.6 is 0 Å². The predicted molar refractivity (Wildman–Crippen MR) is 63.0 cm³/mol. The number of methoxy groups -OCH3 is 1. The first kappa shape index (κ1) is 12.6. The van der Waals surface area contributed by atoms with Crippen molar-refractivity contribution in [3.05, 3.63) is 29.3 Å². The van der Waals surface area contributed by atoms with Crippen LogP contribution in [-0.4, -0.2) is 18.2 Å². The van der Waals surface area contributed by atoms with Crippen molar-refractivity contribution in [1.29, 1.82) is 0 Å². The summed E-state index contributed by atoms with van der Waals surface area (Å²) in [5, 5.41) is 8.72. The number of benzene rings is 1. The molecule has 1 aromatic rings. The zero-order valence-electron chi connectivity index (χ0n) is 10.2. The smallest absolute Gasteiger partial charge is 0.307 e. The van der Waals surface area contributed by atoms with E-state index >= 15 is 0 Å². The van der Waals surface area contributed by atoms with E-state index in [1.165, 1.54) is 0 Å². The number of carbonyl (C=O) groups is 1. The summed E-state index contributed by atoms with van der Waals surface area (Å²) in [6.07, 6.45) is 0.0286. The molecular weight excluding hydrogens is 204 g/mol. The lowest BCUT2D eigenvalue weighted by Crippen LogP contribution is -2.13. The lowest BCUT2D eigenvalue weighted by Gasteiger charge is -2.22. The largest absolute Gasteiger partial charge is 0.496 e. The van der Waals surface area contributed by atoms with Gasteiger partial charge in [0.05, 0.1) is 13.5 Å². The average molecular weight is 222 g/mol. The van der Waals surface area contributed by atoms with Gasteiger partial charge >= 0.3 is 5.97 Å². The summed E-state index contributed by atoms with van der Waals surface area (Å²) in [5.41, 5.74) is 1.84. The van der Waals surface area contributed by atoms with Gasteiger partial charge in [0.1, 0.15) is 5.75 Å². The van der Waals surface area contributed by atoms with E-state index in [1.807, 2.05) is 12.1 Å². The summed E-state index contributed by atoms with van der Waals surface area (Å²) >= 11 is 0. The first-order chi connectivity index (χ1) is 7.34. The van der Waals surface area contributed by atoms with Gasteiger partial charge < -0.3 is 9.84 Å². The molecule has 0 spiro atoms. The molecule has 0 saturated carbocycles. The van der Waals surface area contributed by atoms with Gasteiger partial charge in [0.25, 0.3) is 0 Å². The molecule has 3 nitrogen and oxygen atoms in total. The summed E-state index contributed by atoms with van der Waals surface area (Å²) in [5.74, 6) is -0.0724. The third-order valence-electron chi connectivity index (χ3n) is 2.43. The maximum Gasteiger partial charge on any atom is 0.307 e. The molecule has 1 N–H and O–H groups in total. The Labute approximate surface area is 96.1 Å². The zero-order chi connectivity index (χ0) is 12.3. The molecule has 1 rings (SSSR count). The fourth-order valence-corrected chi connectivity index (χ4v) is 1.64. The second-order valence-corrected chi connectivity index (χ2v) is 4.86. The first-order valence-corrected chi connectivity index (χ1v) is 5.24. The Bertz CT molecular complexity index is 389. The highest BCUT2D eigenvalue weighted by Crippen LogP contribution is 2.31. The minimum absolute atomic E-state index is 0.00685. The van der Waals surface area contributed by atoms with Crippen molar-refractivity contribution in [1.82, 2.24) is 0 Å². The molecule has 0 saturated heterocycles. The van der Waals surface area contributed by atoms with Crippen molar-refractivity contribution in [2.75, 3.05) is 7.11 Å². The minimum Gasteiger partial charge on any atom is -0.496 e. The number of hydrogen-bond donors (Lipinski definition) is 1. The number of rotatable bonds is 3. The number of carboxylic acids is 1. The summed E-state index contributed by atoms with van der Waals surface area (Å²) in [6.45, 7) is 6.30. The molecule has 3 heteroatoms. The minimum atomic E-state index is -0.828. The van der Waals surface area contributed by atoms with Crippen LogP contribution in [0.2, 0.25) is 0 Å². The molecule has 0 aromatic heterocycles. The third kappa shape index (κ3) is 2.99. The maximum atomic E-state index is 10.6. The monoisotopic (exact) mass is 222 g/mol. The van der Waals surface area contributed by atoms with Gasteiger partial charge in [-0.2, -0.15) is 0 Å².